The Balaban J connectivity index is 4.74. The summed E-state index contributed by atoms with van der Waals surface area (Å²) in [5, 5.41) is 1.67. The maximum Gasteiger partial charge on any atom is 0.471 e. The Kier molecular flexibility index (Phi) is 6.86. The van der Waals surface area contributed by atoms with E-state index in [0.29, 0.717) is 12.8 Å². The number of esters is 1. The average Bonchev–Trinajstić information content (AvgIpc) is 2.30. The van der Waals surface area contributed by atoms with Crippen LogP contribution in [0.1, 0.15) is 40.5 Å². The first-order valence-corrected chi connectivity index (χ1v) is 6.21. The number of amides is 1. The average molecular weight is 283 g/mol. The molecule has 1 N–H and O–H groups in total. The number of hydrogen-bond acceptors (Lipinski definition) is 3. The molecule has 7 heteroatoms. The highest BCUT2D eigenvalue weighted by Crippen LogP contribution is 2.16. The van der Waals surface area contributed by atoms with Gasteiger partial charge in [-0.25, -0.2) is 4.79 Å². The van der Waals surface area contributed by atoms with Crippen molar-refractivity contribution < 1.29 is 27.5 Å². The molecule has 0 bridgehead atoms. The van der Waals surface area contributed by atoms with Crippen LogP contribution in [-0.4, -0.2) is 30.2 Å². The lowest BCUT2D eigenvalue weighted by molar-refractivity contribution is -0.177. The molecular weight excluding hydrogens is 263 g/mol. The van der Waals surface area contributed by atoms with Gasteiger partial charge >= 0.3 is 18.1 Å². The third-order valence-corrected chi connectivity index (χ3v) is 2.66. The third kappa shape index (κ3) is 5.94. The number of alkyl halides is 3. The monoisotopic (exact) mass is 283 g/mol. The molecule has 0 saturated heterocycles. The summed E-state index contributed by atoms with van der Waals surface area (Å²) in [5.41, 5.74) is 0. The minimum atomic E-state index is -5.01. The van der Waals surface area contributed by atoms with Gasteiger partial charge in [-0.2, -0.15) is 13.2 Å². The molecule has 112 valence electrons. The van der Waals surface area contributed by atoms with Crippen molar-refractivity contribution in [2.75, 3.05) is 0 Å². The summed E-state index contributed by atoms with van der Waals surface area (Å²) in [6.07, 6.45) is -4.22. The number of hydrogen-bond donors (Lipinski definition) is 1. The second-order valence-electron chi connectivity index (χ2n) is 4.57. The lowest BCUT2D eigenvalue weighted by Gasteiger charge is -2.24. The van der Waals surface area contributed by atoms with Crippen molar-refractivity contribution in [1.29, 1.82) is 0 Å². The topological polar surface area (TPSA) is 55.4 Å². The SMILES string of the molecule is CCC(CC)OC(=O)[C@@H](NC(=O)C(F)(F)F)C(C)C. The molecule has 4 nitrogen and oxygen atoms in total. The second-order valence-corrected chi connectivity index (χ2v) is 4.57. The number of halogens is 3. The van der Waals surface area contributed by atoms with Gasteiger partial charge in [0.05, 0.1) is 0 Å². The van der Waals surface area contributed by atoms with Crippen molar-refractivity contribution in [3.63, 3.8) is 0 Å². The lowest BCUT2D eigenvalue weighted by atomic mass is 10.0. The van der Waals surface area contributed by atoms with Crippen molar-refractivity contribution in [3.05, 3.63) is 0 Å². The summed E-state index contributed by atoms with van der Waals surface area (Å²) in [6, 6.07) is -1.30. The van der Waals surface area contributed by atoms with Crippen LogP contribution in [0.15, 0.2) is 0 Å². The maximum atomic E-state index is 12.2. The zero-order valence-corrected chi connectivity index (χ0v) is 11.5. The molecule has 0 aliphatic carbocycles. The first-order valence-electron chi connectivity index (χ1n) is 6.21. The van der Waals surface area contributed by atoms with Gasteiger partial charge in [0.25, 0.3) is 0 Å². The highest BCUT2D eigenvalue weighted by atomic mass is 19.4. The Bertz CT molecular complexity index is 312. The van der Waals surface area contributed by atoms with Crippen molar-refractivity contribution in [2.45, 2.75) is 58.9 Å². The van der Waals surface area contributed by atoms with Gasteiger partial charge < -0.3 is 10.1 Å². The fourth-order valence-corrected chi connectivity index (χ4v) is 1.41. The van der Waals surface area contributed by atoms with Crippen LogP contribution in [0.4, 0.5) is 13.2 Å². The second kappa shape index (κ2) is 7.35. The first kappa shape index (κ1) is 17.7. The molecule has 19 heavy (non-hydrogen) atoms. The molecule has 0 heterocycles. The Morgan fingerprint density at radius 2 is 1.63 bits per heavy atom. The Morgan fingerprint density at radius 3 is 1.95 bits per heavy atom. The molecule has 1 atom stereocenters. The van der Waals surface area contributed by atoms with Gasteiger partial charge in [-0.15, -0.1) is 0 Å². The van der Waals surface area contributed by atoms with Crippen LogP contribution in [0.3, 0.4) is 0 Å². The van der Waals surface area contributed by atoms with E-state index in [2.05, 4.69) is 0 Å². The number of carbonyl (C=O) groups is 2. The fraction of sp³-hybridized carbons (Fsp3) is 0.833. The normalized spacial score (nSPS) is 13.5. The molecule has 0 aromatic heterocycles. The van der Waals surface area contributed by atoms with Crippen LogP contribution in [0, 0.1) is 5.92 Å². The van der Waals surface area contributed by atoms with E-state index in [4.69, 9.17) is 4.74 Å². The third-order valence-electron chi connectivity index (χ3n) is 2.66. The molecule has 0 fully saturated rings. The van der Waals surface area contributed by atoms with Crippen LogP contribution in [0.25, 0.3) is 0 Å². The zero-order valence-electron chi connectivity index (χ0n) is 11.5. The predicted molar refractivity (Wildman–Crippen MR) is 63.3 cm³/mol. The largest absolute Gasteiger partial charge is 0.471 e. The van der Waals surface area contributed by atoms with Crippen LogP contribution in [0.2, 0.25) is 0 Å². The predicted octanol–water partition coefficient (Wildman–Crippen LogP) is 2.42. The van der Waals surface area contributed by atoms with Gasteiger partial charge in [-0.3, -0.25) is 4.79 Å². The van der Waals surface area contributed by atoms with E-state index in [1.807, 2.05) is 0 Å². The number of carbonyl (C=O) groups excluding carboxylic acids is 2. The highest BCUT2D eigenvalue weighted by Gasteiger charge is 2.41. The molecule has 0 saturated carbocycles. The minimum Gasteiger partial charge on any atom is -0.461 e. The standard InChI is InChI=1S/C12H20F3NO3/c1-5-8(6-2)19-10(17)9(7(3)4)16-11(18)12(13,14)15/h7-9H,5-6H2,1-4H3,(H,16,18)/t9-/m0/s1. The summed E-state index contributed by atoms with van der Waals surface area (Å²) in [7, 11) is 0. The van der Waals surface area contributed by atoms with Crippen LogP contribution in [0.5, 0.6) is 0 Å². The molecule has 0 aromatic carbocycles. The Labute approximate surface area is 110 Å². The van der Waals surface area contributed by atoms with Crippen LogP contribution >= 0.6 is 0 Å². The van der Waals surface area contributed by atoms with E-state index >= 15 is 0 Å². The van der Waals surface area contributed by atoms with E-state index in [-0.39, 0.29) is 6.10 Å². The first-order chi connectivity index (χ1) is 8.63. The summed E-state index contributed by atoms with van der Waals surface area (Å²) in [6.45, 7) is 6.69. The molecule has 0 unspecified atom stereocenters. The summed E-state index contributed by atoms with van der Waals surface area (Å²) < 4.78 is 41.6. The molecule has 0 radical (unpaired) electrons. The van der Waals surface area contributed by atoms with Crippen LogP contribution < -0.4 is 5.32 Å². The van der Waals surface area contributed by atoms with Gasteiger partial charge in [0.1, 0.15) is 12.1 Å². The zero-order chi connectivity index (χ0) is 15.2. The molecule has 0 aliphatic heterocycles. The lowest BCUT2D eigenvalue weighted by Crippen LogP contribution is -2.50. The fourth-order valence-electron chi connectivity index (χ4n) is 1.41. The summed E-state index contributed by atoms with van der Waals surface area (Å²) in [5.74, 6) is -3.46. The Morgan fingerprint density at radius 1 is 1.16 bits per heavy atom. The molecule has 1 amide bonds. The van der Waals surface area contributed by atoms with E-state index in [1.54, 1.807) is 19.2 Å². The summed E-state index contributed by atoms with van der Waals surface area (Å²) >= 11 is 0. The van der Waals surface area contributed by atoms with Gasteiger partial charge in [0, 0.05) is 0 Å². The molecule has 0 aromatic rings. The van der Waals surface area contributed by atoms with Gasteiger partial charge in [0.2, 0.25) is 0 Å². The number of rotatable bonds is 6. The van der Waals surface area contributed by atoms with E-state index < -0.39 is 30.0 Å². The van der Waals surface area contributed by atoms with E-state index in [0.717, 1.165) is 0 Å². The molecular formula is C12H20F3NO3. The maximum absolute atomic E-state index is 12.2. The van der Waals surface area contributed by atoms with Gasteiger partial charge in [-0.05, 0) is 18.8 Å². The smallest absolute Gasteiger partial charge is 0.461 e. The van der Waals surface area contributed by atoms with Crippen molar-refractivity contribution >= 4 is 11.9 Å². The molecule has 0 spiro atoms. The van der Waals surface area contributed by atoms with E-state index in [9.17, 15) is 22.8 Å². The van der Waals surface area contributed by atoms with Gasteiger partial charge in [0.15, 0.2) is 0 Å². The Hall–Kier alpha value is -1.27. The highest BCUT2D eigenvalue weighted by molar-refractivity contribution is 5.87. The van der Waals surface area contributed by atoms with Crippen molar-refractivity contribution in [1.82, 2.24) is 5.32 Å². The van der Waals surface area contributed by atoms with Crippen molar-refractivity contribution in [3.8, 4) is 0 Å². The number of ether oxygens (including phenoxy) is 1. The number of nitrogens with one attached hydrogen (secondary N) is 1. The van der Waals surface area contributed by atoms with Crippen molar-refractivity contribution in [2.24, 2.45) is 5.92 Å². The molecule has 0 aliphatic rings. The molecule has 0 rings (SSSR count). The summed E-state index contributed by atoms with van der Waals surface area (Å²) in [4.78, 5) is 22.6. The van der Waals surface area contributed by atoms with E-state index in [1.165, 1.54) is 13.8 Å². The van der Waals surface area contributed by atoms with Crippen LogP contribution in [-0.2, 0) is 14.3 Å². The quantitative estimate of drug-likeness (QED) is 0.762. The van der Waals surface area contributed by atoms with Gasteiger partial charge in [-0.1, -0.05) is 27.7 Å². The minimum absolute atomic E-state index is 0.350.